The van der Waals surface area contributed by atoms with Crippen molar-refractivity contribution in [2.45, 2.75) is 6.04 Å². The highest BCUT2D eigenvalue weighted by Gasteiger charge is 2.17. The van der Waals surface area contributed by atoms with E-state index in [1.807, 2.05) is 6.07 Å². The minimum Gasteiger partial charge on any atom is -0.378 e. The minimum absolute atomic E-state index is 0.484. The number of anilines is 1. The highest BCUT2D eigenvalue weighted by molar-refractivity contribution is 5.65. The monoisotopic (exact) mass is 225 g/mol. The van der Waals surface area contributed by atoms with Crippen LogP contribution < -0.4 is 5.32 Å². The number of rotatable bonds is 3. The highest BCUT2D eigenvalue weighted by atomic mass is 16.5. The van der Waals surface area contributed by atoms with Gasteiger partial charge in [-0.05, 0) is 23.3 Å². The molecule has 17 heavy (non-hydrogen) atoms. The van der Waals surface area contributed by atoms with Crippen LogP contribution in [0.25, 0.3) is 11.1 Å². The molecule has 3 rings (SSSR count). The third kappa shape index (κ3) is 2.32. The van der Waals surface area contributed by atoms with Crippen molar-refractivity contribution in [2.24, 2.45) is 0 Å². The maximum Gasteiger partial charge on any atom is 0.0728 e. The van der Waals surface area contributed by atoms with Crippen LogP contribution in [0.2, 0.25) is 0 Å². The third-order valence-corrected chi connectivity index (χ3v) is 3.00. The van der Waals surface area contributed by atoms with Gasteiger partial charge in [-0.15, -0.1) is 0 Å². The SMILES string of the molecule is c1ccc(-c2ccc(NC3COC3)cc2)cc1. The molecule has 0 aliphatic carbocycles. The average molecular weight is 225 g/mol. The number of hydrogen-bond donors (Lipinski definition) is 1. The van der Waals surface area contributed by atoms with Gasteiger partial charge < -0.3 is 10.1 Å². The Kier molecular flexibility index (Phi) is 2.80. The van der Waals surface area contributed by atoms with Gasteiger partial charge in [0.2, 0.25) is 0 Å². The molecule has 0 radical (unpaired) electrons. The normalized spacial score (nSPS) is 15.3. The Morgan fingerprint density at radius 1 is 0.824 bits per heavy atom. The van der Waals surface area contributed by atoms with Gasteiger partial charge in [-0.25, -0.2) is 0 Å². The van der Waals surface area contributed by atoms with Crippen molar-refractivity contribution in [3.05, 3.63) is 54.6 Å². The highest BCUT2D eigenvalue weighted by Crippen LogP contribution is 2.21. The molecule has 1 aliphatic rings. The molecule has 2 aromatic carbocycles. The molecule has 86 valence electrons. The molecule has 0 aromatic heterocycles. The van der Waals surface area contributed by atoms with Crippen LogP contribution in [0.1, 0.15) is 0 Å². The molecule has 1 heterocycles. The van der Waals surface area contributed by atoms with Crippen LogP contribution in [0, 0.1) is 0 Å². The summed E-state index contributed by atoms with van der Waals surface area (Å²) in [5.41, 5.74) is 3.67. The molecule has 0 bridgehead atoms. The van der Waals surface area contributed by atoms with E-state index in [0.717, 1.165) is 18.9 Å². The van der Waals surface area contributed by atoms with Gasteiger partial charge >= 0.3 is 0 Å². The molecule has 0 saturated carbocycles. The van der Waals surface area contributed by atoms with Gasteiger partial charge in [-0.3, -0.25) is 0 Å². The van der Waals surface area contributed by atoms with Gasteiger partial charge in [0.15, 0.2) is 0 Å². The summed E-state index contributed by atoms with van der Waals surface area (Å²) in [5, 5.41) is 3.43. The van der Waals surface area contributed by atoms with Crippen LogP contribution in [0.4, 0.5) is 5.69 Å². The van der Waals surface area contributed by atoms with E-state index >= 15 is 0 Å². The van der Waals surface area contributed by atoms with Crippen LogP contribution in [0.3, 0.4) is 0 Å². The Labute approximate surface area is 101 Å². The van der Waals surface area contributed by atoms with Crippen LogP contribution in [0.5, 0.6) is 0 Å². The lowest BCUT2D eigenvalue weighted by molar-refractivity contribution is 0.0211. The molecule has 2 heteroatoms. The fourth-order valence-electron chi connectivity index (χ4n) is 1.94. The molecular weight excluding hydrogens is 210 g/mol. The maximum atomic E-state index is 5.14. The second-order valence-corrected chi connectivity index (χ2v) is 4.32. The zero-order chi connectivity index (χ0) is 11.5. The Bertz CT molecular complexity index is 474. The van der Waals surface area contributed by atoms with E-state index < -0.39 is 0 Å². The quantitative estimate of drug-likeness (QED) is 0.866. The summed E-state index contributed by atoms with van der Waals surface area (Å²) in [7, 11) is 0. The summed E-state index contributed by atoms with van der Waals surface area (Å²) in [6, 6.07) is 19.5. The number of nitrogens with one attached hydrogen (secondary N) is 1. The molecule has 1 aliphatic heterocycles. The van der Waals surface area contributed by atoms with E-state index in [4.69, 9.17) is 4.74 Å². The zero-order valence-electron chi connectivity index (χ0n) is 9.60. The Balaban J connectivity index is 1.75. The van der Waals surface area contributed by atoms with E-state index in [2.05, 4.69) is 53.8 Å². The van der Waals surface area contributed by atoms with Gasteiger partial charge in [0.25, 0.3) is 0 Å². The topological polar surface area (TPSA) is 21.3 Å². The predicted molar refractivity (Wildman–Crippen MR) is 70.1 cm³/mol. The molecule has 0 amide bonds. The predicted octanol–water partition coefficient (Wildman–Crippen LogP) is 3.16. The van der Waals surface area contributed by atoms with Gasteiger partial charge in [0, 0.05) is 5.69 Å². The van der Waals surface area contributed by atoms with E-state index in [1.54, 1.807) is 0 Å². The summed E-state index contributed by atoms with van der Waals surface area (Å²) in [6.07, 6.45) is 0. The fraction of sp³-hybridized carbons (Fsp3) is 0.200. The van der Waals surface area contributed by atoms with Crippen LogP contribution in [-0.2, 0) is 4.74 Å². The Morgan fingerprint density at radius 3 is 2.06 bits per heavy atom. The lowest BCUT2D eigenvalue weighted by atomic mass is 10.1. The first-order chi connectivity index (χ1) is 8.42. The Morgan fingerprint density at radius 2 is 1.47 bits per heavy atom. The third-order valence-electron chi connectivity index (χ3n) is 3.00. The van der Waals surface area contributed by atoms with Crippen molar-refractivity contribution in [2.75, 3.05) is 18.5 Å². The largest absolute Gasteiger partial charge is 0.378 e. The number of ether oxygens (including phenoxy) is 1. The fourth-order valence-corrected chi connectivity index (χ4v) is 1.94. The summed E-state index contributed by atoms with van der Waals surface area (Å²) in [4.78, 5) is 0. The van der Waals surface area contributed by atoms with E-state index in [-0.39, 0.29) is 0 Å². The van der Waals surface area contributed by atoms with Crippen LogP contribution in [-0.4, -0.2) is 19.3 Å². The van der Waals surface area contributed by atoms with Gasteiger partial charge in [0.1, 0.15) is 0 Å². The lowest BCUT2D eigenvalue weighted by Crippen LogP contribution is -2.40. The van der Waals surface area contributed by atoms with E-state index in [1.165, 1.54) is 11.1 Å². The zero-order valence-corrected chi connectivity index (χ0v) is 9.60. The summed E-state index contributed by atoms with van der Waals surface area (Å²) < 4.78 is 5.14. The summed E-state index contributed by atoms with van der Waals surface area (Å²) in [6.45, 7) is 1.64. The first-order valence-corrected chi connectivity index (χ1v) is 5.91. The van der Waals surface area contributed by atoms with Crippen molar-refractivity contribution < 1.29 is 4.74 Å². The second kappa shape index (κ2) is 4.60. The van der Waals surface area contributed by atoms with Gasteiger partial charge in [-0.2, -0.15) is 0 Å². The molecular formula is C15H15NO. The van der Waals surface area contributed by atoms with Gasteiger partial charge in [0.05, 0.1) is 19.3 Å². The van der Waals surface area contributed by atoms with Crippen molar-refractivity contribution in [3.63, 3.8) is 0 Å². The molecule has 1 saturated heterocycles. The molecule has 2 nitrogen and oxygen atoms in total. The van der Waals surface area contributed by atoms with Crippen molar-refractivity contribution in [3.8, 4) is 11.1 Å². The summed E-state index contributed by atoms with van der Waals surface area (Å²) >= 11 is 0. The first-order valence-electron chi connectivity index (χ1n) is 5.91. The first kappa shape index (κ1) is 10.4. The minimum atomic E-state index is 0.484. The van der Waals surface area contributed by atoms with E-state index in [9.17, 15) is 0 Å². The summed E-state index contributed by atoms with van der Waals surface area (Å²) in [5.74, 6) is 0. The van der Waals surface area contributed by atoms with Gasteiger partial charge in [-0.1, -0.05) is 42.5 Å². The van der Waals surface area contributed by atoms with E-state index in [0.29, 0.717) is 6.04 Å². The molecule has 0 atom stereocenters. The molecule has 0 spiro atoms. The second-order valence-electron chi connectivity index (χ2n) is 4.32. The Hall–Kier alpha value is -1.80. The number of benzene rings is 2. The molecule has 0 unspecified atom stereocenters. The molecule has 2 aromatic rings. The van der Waals surface area contributed by atoms with Crippen LogP contribution in [0.15, 0.2) is 54.6 Å². The lowest BCUT2D eigenvalue weighted by Gasteiger charge is -2.27. The smallest absolute Gasteiger partial charge is 0.0728 e. The standard InChI is InChI=1S/C15H15NO/c1-2-4-12(5-3-1)13-6-8-14(9-7-13)16-15-10-17-11-15/h1-9,15-16H,10-11H2. The maximum absolute atomic E-state index is 5.14. The van der Waals surface area contributed by atoms with Crippen molar-refractivity contribution in [1.82, 2.24) is 0 Å². The molecule has 1 fully saturated rings. The average Bonchev–Trinajstić information content (AvgIpc) is 2.36. The van der Waals surface area contributed by atoms with Crippen LogP contribution >= 0.6 is 0 Å². The number of hydrogen-bond acceptors (Lipinski definition) is 2. The molecule has 1 N–H and O–H groups in total. The van der Waals surface area contributed by atoms with Crippen molar-refractivity contribution >= 4 is 5.69 Å². The van der Waals surface area contributed by atoms with Crippen molar-refractivity contribution in [1.29, 1.82) is 0 Å².